The SMILES string of the molecule is C.CCSC(=O)N(C)CCCN=C(C)NC(=O)OC(C)(C)C.CCSC(=O)NC. The van der Waals surface area contributed by atoms with Gasteiger partial charge in [0.2, 0.25) is 0 Å². The van der Waals surface area contributed by atoms with Crippen LogP contribution < -0.4 is 10.6 Å². The van der Waals surface area contributed by atoms with Gasteiger partial charge in [0.25, 0.3) is 10.5 Å². The van der Waals surface area contributed by atoms with Gasteiger partial charge < -0.3 is 15.0 Å². The summed E-state index contributed by atoms with van der Waals surface area (Å²) >= 11 is 2.58. The summed E-state index contributed by atoms with van der Waals surface area (Å²) in [4.78, 5) is 39.2. The van der Waals surface area contributed by atoms with E-state index >= 15 is 0 Å². The van der Waals surface area contributed by atoms with Crippen LogP contribution in [0.1, 0.15) is 55.4 Å². The van der Waals surface area contributed by atoms with E-state index in [-0.39, 0.29) is 17.9 Å². The second kappa shape index (κ2) is 18.6. The Hall–Kier alpha value is -1.42. The lowest BCUT2D eigenvalue weighted by atomic mass is 10.2. The van der Waals surface area contributed by atoms with E-state index in [9.17, 15) is 14.4 Å². The summed E-state index contributed by atoms with van der Waals surface area (Å²) in [6.07, 6.45) is 0.246. The molecule has 0 rings (SSSR count). The first kappa shape index (κ1) is 32.3. The summed E-state index contributed by atoms with van der Waals surface area (Å²) in [7, 11) is 3.41. The molecule has 0 aliphatic carbocycles. The predicted molar refractivity (Wildman–Crippen MR) is 127 cm³/mol. The van der Waals surface area contributed by atoms with Crippen LogP contribution in [0.4, 0.5) is 14.4 Å². The molecule has 0 aliphatic heterocycles. The molecule has 0 aromatic carbocycles. The van der Waals surface area contributed by atoms with Crippen molar-refractivity contribution in [3.8, 4) is 0 Å². The van der Waals surface area contributed by atoms with E-state index in [0.29, 0.717) is 18.9 Å². The number of rotatable bonds is 6. The molecular weight excluding hydrogens is 412 g/mol. The van der Waals surface area contributed by atoms with Gasteiger partial charge in [-0.1, -0.05) is 44.8 Å². The summed E-state index contributed by atoms with van der Waals surface area (Å²) in [6.45, 7) is 12.2. The molecule has 3 amide bonds. The molecular formula is C19H40N4O4S2. The normalized spacial score (nSPS) is 10.7. The first-order valence-corrected chi connectivity index (χ1v) is 11.2. The van der Waals surface area contributed by atoms with Crippen LogP contribution in [0.25, 0.3) is 0 Å². The summed E-state index contributed by atoms with van der Waals surface area (Å²) in [5.74, 6) is 2.14. The third-order valence-electron chi connectivity index (χ3n) is 2.74. The molecule has 0 aromatic rings. The number of hydrogen-bond acceptors (Lipinski definition) is 7. The zero-order valence-electron chi connectivity index (χ0n) is 18.4. The molecule has 0 aliphatic rings. The molecule has 29 heavy (non-hydrogen) atoms. The van der Waals surface area contributed by atoms with Crippen molar-refractivity contribution < 1.29 is 19.1 Å². The molecule has 0 atom stereocenters. The zero-order chi connectivity index (χ0) is 22.2. The number of nitrogens with one attached hydrogen (secondary N) is 2. The highest BCUT2D eigenvalue weighted by Gasteiger charge is 2.16. The van der Waals surface area contributed by atoms with Gasteiger partial charge in [0, 0.05) is 27.2 Å². The third kappa shape index (κ3) is 22.7. The first-order chi connectivity index (χ1) is 13.0. The molecule has 0 fully saturated rings. The Kier molecular flexibility index (Phi) is 20.7. The van der Waals surface area contributed by atoms with Crippen molar-refractivity contribution in [2.75, 3.05) is 38.7 Å². The molecule has 0 heterocycles. The van der Waals surface area contributed by atoms with Crippen LogP contribution in [0.15, 0.2) is 4.99 Å². The topological polar surface area (TPSA) is 100 Å². The fourth-order valence-corrected chi connectivity index (χ4v) is 2.54. The molecule has 0 spiro atoms. The highest BCUT2D eigenvalue weighted by molar-refractivity contribution is 8.13. The zero-order valence-corrected chi connectivity index (χ0v) is 20.0. The number of carbonyl (C=O) groups excluding carboxylic acids is 3. The van der Waals surface area contributed by atoms with Gasteiger partial charge in [-0.2, -0.15) is 0 Å². The van der Waals surface area contributed by atoms with E-state index in [0.717, 1.165) is 17.9 Å². The maximum Gasteiger partial charge on any atom is 0.413 e. The van der Waals surface area contributed by atoms with E-state index in [2.05, 4.69) is 15.6 Å². The Bertz CT molecular complexity index is 509. The Labute approximate surface area is 185 Å². The Morgan fingerprint density at radius 3 is 2.07 bits per heavy atom. The predicted octanol–water partition coefficient (Wildman–Crippen LogP) is 4.84. The van der Waals surface area contributed by atoms with Crippen molar-refractivity contribution in [2.24, 2.45) is 4.99 Å². The Morgan fingerprint density at radius 1 is 1.10 bits per heavy atom. The van der Waals surface area contributed by atoms with Gasteiger partial charge in [0.05, 0.1) is 0 Å². The lowest BCUT2D eigenvalue weighted by Gasteiger charge is -2.19. The molecule has 0 unspecified atom stereocenters. The number of ether oxygens (including phenoxy) is 1. The van der Waals surface area contributed by atoms with Crippen molar-refractivity contribution in [1.82, 2.24) is 15.5 Å². The number of amides is 3. The van der Waals surface area contributed by atoms with Gasteiger partial charge in [-0.15, -0.1) is 0 Å². The van der Waals surface area contributed by atoms with Crippen LogP contribution in [0.2, 0.25) is 0 Å². The Morgan fingerprint density at radius 2 is 1.66 bits per heavy atom. The summed E-state index contributed by atoms with van der Waals surface area (Å²) in [6, 6.07) is 0. The number of hydrogen-bond donors (Lipinski definition) is 2. The molecule has 10 heteroatoms. The second-order valence-electron chi connectivity index (χ2n) is 6.54. The summed E-state index contributed by atoms with van der Waals surface area (Å²) in [5, 5.41) is 5.18. The van der Waals surface area contributed by atoms with Crippen LogP contribution in [-0.4, -0.2) is 71.6 Å². The Balaban J connectivity index is -0.000000721. The first-order valence-electron chi connectivity index (χ1n) is 9.20. The van der Waals surface area contributed by atoms with Crippen LogP contribution >= 0.6 is 23.5 Å². The number of amidine groups is 1. The van der Waals surface area contributed by atoms with E-state index in [4.69, 9.17) is 4.74 Å². The molecule has 172 valence electrons. The van der Waals surface area contributed by atoms with Gasteiger partial charge >= 0.3 is 6.09 Å². The van der Waals surface area contributed by atoms with Crippen LogP contribution in [0.5, 0.6) is 0 Å². The fourth-order valence-electron chi connectivity index (χ4n) is 1.57. The van der Waals surface area contributed by atoms with E-state index in [1.54, 1.807) is 46.7 Å². The van der Waals surface area contributed by atoms with Crippen molar-refractivity contribution in [2.45, 2.75) is 61.0 Å². The highest BCUT2D eigenvalue weighted by atomic mass is 32.2. The van der Waals surface area contributed by atoms with Gasteiger partial charge in [0.15, 0.2) is 0 Å². The third-order valence-corrected chi connectivity index (χ3v) is 4.34. The molecule has 0 saturated carbocycles. The quantitative estimate of drug-likeness (QED) is 0.340. The lowest BCUT2D eigenvalue weighted by Crippen LogP contribution is -2.35. The maximum absolute atomic E-state index is 11.5. The smallest absolute Gasteiger partial charge is 0.413 e. The summed E-state index contributed by atoms with van der Waals surface area (Å²) < 4.78 is 5.12. The van der Waals surface area contributed by atoms with Crippen molar-refractivity contribution in [3.05, 3.63) is 0 Å². The minimum atomic E-state index is -0.523. The number of nitrogens with zero attached hydrogens (tertiary/aromatic N) is 2. The standard InChI is InChI=1S/C14H27N3O3S.C4H9NOS.CH4/c1-7-21-13(19)17(6)10-8-9-15-11(2)16-12(18)20-14(3,4)5;1-3-7-4(6)5-2;/h7-10H2,1-6H3,(H,15,16,18);3H2,1-2H3,(H,5,6);1H4. The van der Waals surface area contributed by atoms with E-state index in [1.165, 1.54) is 23.5 Å². The van der Waals surface area contributed by atoms with Crippen LogP contribution in [-0.2, 0) is 4.74 Å². The second-order valence-corrected chi connectivity index (χ2v) is 8.99. The summed E-state index contributed by atoms with van der Waals surface area (Å²) in [5.41, 5.74) is -0.523. The minimum absolute atomic E-state index is 0. The molecule has 0 bridgehead atoms. The monoisotopic (exact) mass is 452 g/mol. The van der Waals surface area contributed by atoms with E-state index in [1.807, 2.05) is 13.8 Å². The highest BCUT2D eigenvalue weighted by Crippen LogP contribution is 2.07. The van der Waals surface area contributed by atoms with E-state index < -0.39 is 11.7 Å². The number of carbonyl (C=O) groups is 3. The van der Waals surface area contributed by atoms with Crippen molar-refractivity contribution >= 4 is 45.9 Å². The fraction of sp³-hybridized carbons (Fsp3) is 0.789. The number of alkyl carbamates (subject to hydrolysis) is 1. The van der Waals surface area contributed by atoms with Gasteiger partial charge in [-0.25, -0.2) is 4.79 Å². The molecule has 2 N–H and O–H groups in total. The maximum atomic E-state index is 11.5. The van der Waals surface area contributed by atoms with Crippen LogP contribution in [0, 0.1) is 0 Å². The lowest BCUT2D eigenvalue weighted by molar-refractivity contribution is 0.0562. The van der Waals surface area contributed by atoms with Gasteiger partial charge in [-0.05, 0) is 45.6 Å². The minimum Gasteiger partial charge on any atom is -0.444 e. The number of thioether (sulfide) groups is 2. The molecule has 0 radical (unpaired) electrons. The molecule has 0 saturated heterocycles. The molecule has 0 aromatic heterocycles. The average molecular weight is 453 g/mol. The largest absolute Gasteiger partial charge is 0.444 e. The number of aliphatic imine (C=N–C) groups is 1. The van der Waals surface area contributed by atoms with Crippen LogP contribution in [0.3, 0.4) is 0 Å². The molecule has 8 nitrogen and oxygen atoms in total. The average Bonchev–Trinajstić information content (AvgIpc) is 2.57. The van der Waals surface area contributed by atoms with Crippen molar-refractivity contribution in [1.29, 1.82) is 0 Å². The van der Waals surface area contributed by atoms with Crippen molar-refractivity contribution in [3.63, 3.8) is 0 Å². The van der Waals surface area contributed by atoms with Gasteiger partial charge in [-0.3, -0.25) is 19.9 Å². The van der Waals surface area contributed by atoms with Gasteiger partial charge in [0.1, 0.15) is 11.4 Å².